The molecule has 0 aliphatic rings. The molecule has 3 nitrogen and oxygen atoms in total. The Hall–Kier alpha value is -0.0161. The summed E-state index contributed by atoms with van der Waals surface area (Å²) in [5, 5.41) is 8.05. The number of Topliss-reactive ketones (excluding diaryl/α,β-unsaturated/α-hetero) is 1. The van der Waals surface area contributed by atoms with Gasteiger partial charge in [0, 0.05) is 39.9 Å². The summed E-state index contributed by atoms with van der Waals surface area (Å²) in [5.41, 5.74) is 0.141. The molecule has 0 bridgehead atoms. The second-order valence-electron chi connectivity index (χ2n) is 1.61. The van der Waals surface area contributed by atoms with Crippen LogP contribution in [-0.2, 0) is 42.3 Å². The third-order valence-electron chi connectivity index (χ3n) is 0.823. The van der Waals surface area contributed by atoms with E-state index in [0.717, 1.165) is 0 Å². The molecule has 0 saturated carbocycles. The van der Waals surface area contributed by atoms with Crippen LogP contribution in [0.3, 0.4) is 0 Å². The maximum atomic E-state index is 10.3. The Bertz CT molecular complexity index is 177. The van der Waals surface area contributed by atoms with E-state index in [0.29, 0.717) is 0 Å². The molecule has 0 aliphatic carbocycles. The van der Waals surface area contributed by atoms with Crippen molar-refractivity contribution >= 4 is 11.8 Å². The molecule has 0 amide bonds. The normalized spacial score (nSPS) is 10.0. The van der Waals surface area contributed by atoms with Gasteiger partial charge in [0.1, 0.15) is 0 Å². The summed E-state index contributed by atoms with van der Waals surface area (Å²) < 4.78 is 0. The number of aliphatic carboxylic acids is 1. The van der Waals surface area contributed by atoms with Gasteiger partial charge >= 0.3 is 0 Å². The van der Waals surface area contributed by atoms with Crippen molar-refractivity contribution in [2.24, 2.45) is 0 Å². The standard InChI is InChI=1S/C6H7O3.Y.H2/c1-4(5(2)7)3-6(8)9;;/h1-2H3,(H,8,9);;1H/q-1;;. The second kappa shape index (κ2) is 5.75. The molecule has 55 valence electrons. The van der Waals surface area contributed by atoms with Crippen LogP contribution < -0.4 is 0 Å². The predicted molar refractivity (Wildman–Crippen MR) is 32.9 cm³/mol. The van der Waals surface area contributed by atoms with Crippen LogP contribution >= 0.6 is 0 Å². The Balaban J connectivity index is -0.000000320. The summed E-state index contributed by atoms with van der Waals surface area (Å²) in [5.74, 6) is -1.47. The summed E-state index contributed by atoms with van der Waals surface area (Å²) in [6.45, 7) is 2.71. The van der Waals surface area contributed by atoms with Crippen LogP contribution in [-0.4, -0.2) is 16.9 Å². The molecule has 0 aromatic rings. The Kier molecular flexibility index (Phi) is 7.26. The summed E-state index contributed by atoms with van der Waals surface area (Å²) >= 11 is 0. The number of carboxylic acids is 1. The van der Waals surface area contributed by atoms with Crippen LogP contribution in [0.4, 0.5) is 0 Å². The van der Waals surface area contributed by atoms with Crippen molar-refractivity contribution in [1.82, 2.24) is 0 Å². The van der Waals surface area contributed by atoms with Crippen LogP contribution in [0, 0.1) is 6.08 Å². The van der Waals surface area contributed by atoms with Crippen molar-refractivity contribution < 1.29 is 48.8 Å². The number of allylic oxidation sites excluding steroid dienone is 1. The number of hydrogen-bond donors (Lipinski definition) is 1. The van der Waals surface area contributed by atoms with Gasteiger partial charge in [0.25, 0.3) is 0 Å². The van der Waals surface area contributed by atoms with Crippen molar-refractivity contribution in [3.8, 4) is 0 Å². The van der Waals surface area contributed by atoms with Gasteiger partial charge in [-0.15, -0.1) is 0 Å². The van der Waals surface area contributed by atoms with E-state index in [1.807, 2.05) is 6.08 Å². The quantitative estimate of drug-likeness (QED) is 0.546. The molecule has 0 fully saturated rings. The topological polar surface area (TPSA) is 54.4 Å². The zero-order chi connectivity index (χ0) is 7.44. The van der Waals surface area contributed by atoms with E-state index in [9.17, 15) is 9.59 Å². The molecule has 0 saturated heterocycles. The van der Waals surface area contributed by atoms with Gasteiger partial charge in [-0.25, -0.2) is 0 Å². The molecule has 0 unspecified atom stereocenters. The first-order valence-corrected chi connectivity index (χ1v) is 2.38. The number of carbonyl (C=O) groups is 2. The first-order valence-electron chi connectivity index (χ1n) is 2.38. The Morgan fingerprint density at radius 1 is 1.40 bits per heavy atom. The minimum absolute atomic E-state index is 0. The molecular formula is C6H9O3Y-. The first kappa shape index (κ1) is 12.6. The van der Waals surface area contributed by atoms with Crippen molar-refractivity contribution in [1.29, 1.82) is 0 Å². The third-order valence-corrected chi connectivity index (χ3v) is 0.823. The van der Waals surface area contributed by atoms with Crippen molar-refractivity contribution in [2.75, 3.05) is 0 Å². The van der Waals surface area contributed by atoms with E-state index in [4.69, 9.17) is 5.11 Å². The molecule has 0 aromatic carbocycles. The van der Waals surface area contributed by atoms with E-state index in [2.05, 4.69) is 0 Å². The largest absolute Gasteiger partial charge is 0.492 e. The Morgan fingerprint density at radius 2 is 1.80 bits per heavy atom. The van der Waals surface area contributed by atoms with Crippen LogP contribution in [0.15, 0.2) is 5.57 Å². The molecule has 10 heavy (non-hydrogen) atoms. The SMILES string of the molecule is CC(=O)C(C)=[C-]C(=O)O.[HH].[Y]. The molecule has 0 spiro atoms. The number of rotatable bonds is 2. The molecule has 0 aliphatic heterocycles. The average molecular weight is 218 g/mol. The predicted octanol–water partition coefficient (Wildman–Crippen LogP) is 0.653. The number of hydrogen-bond acceptors (Lipinski definition) is 2. The number of carboxylic acid groups (broad SMARTS) is 1. The average Bonchev–Trinajstić information content (AvgIpc) is 1.63. The molecule has 1 radical (unpaired) electrons. The zero-order valence-corrected chi connectivity index (χ0v) is 8.68. The van der Waals surface area contributed by atoms with Gasteiger partial charge < -0.3 is 9.90 Å². The van der Waals surface area contributed by atoms with Crippen LogP contribution in [0.5, 0.6) is 0 Å². The van der Waals surface area contributed by atoms with Crippen molar-refractivity contribution in [3.63, 3.8) is 0 Å². The van der Waals surface area contributed by atoms with Gasteiger partial charge in [0.2, 0.25) is 5.97 Å². The summed E-state index contributed by atoms with van der Waals surface area (Å²) in [7, 11) is 0. The maximum Gasteiger partial charge on any atom is 0.235 e. The molecule has 0 atom stereocenters. The van der Waals surface area contributed by atoms with Gasteiger partial charge in [-0.1, -0.05) is 13.8 Å². The van der Waals surface area contributed by atoms with E-state index in [-0.39, 0.29) is 45.5 Å². The molecule has 4 heteroatoms. The Morgan fingerprint density at radius 3 is 1.90 bits per heavy atom. The van der Waals surface area contributed by atoms with Crippen LogP contribution in [0.1, 0.15) is 15.3 Å². The molecular weight excluding hydrogens is 209 g/mol. The van der Waals surface area contributed by atoms with Gasteiger partial charge in [-0.2, -0.15) is 11.6 Å². The number of carbonyl (C=O) groups excluding carboxylic acids is 1. The molecule has 0 aromatic heterocycles. The maximum absolute atomic E-state index is 10.3. The molecule has 0 heterocycles. The van der Waals surface area contributed by atoms with Crippen LogP contribution in [0.2, 0.25) is 0 Å². The van der Waals surface area contributed by atoms with Gasteiger partial charge in [0.05, 0.1) is 0 Å². The van der Waals surface area contributed by atoms with Crippen molar-refractivity contribution in [3.05, 3.63) is 11.6 Å². The fourth-order valence-corrected chi connectivity index (χ4v) is 0.248. The van der Waals surface area contributed by atoms with E-state index in [1.165, 1.54) is 13.8 Å². The second-order valence-corrected chi connectivity index (χ2v) is 1.61. The third kappa shape index (κ3) is 6.11. The molecule has 1 N–H and O–H groups in total. The zero-order valence-electron chi connectivity index (χ0n) is 5.84. The first-order chi connectivity index (χ1) is 4.04. The van der Waals surface area contributed by atoms with E-state index in [1.54, 1.807) is 0 Å². The fourth-order valence-electron chi connectivity index (χ4n) is 0.248. The molecule has 0 rings (SSSR count). The van der Waals surface area contributed by atoms with E-state index >= 15 is 0 Å². The van der Waals surface area contributed by atoms with Gasteiger partial charge in [-0.05, 0) is 0 Å². The van der Waals surface area contributed by atoms with Gasteiger partial charge in [0.15, 0.2) is 0 Å². The smallest absolute Gasteiger partial charge is 0.235 e. The monoisotopic (exact) mass is 218 g/mol. The Labute approximate surface area is 85.9 Å². The minimum Gasteiger partial charge on any atom is -0.492 e. The minimum atomic E-state index is -1.21. The van der Waals surface area contributed by atoms with Crippen molar-refractivity contribution in [2.45, 2.75) is 13.8 Å². The van der Waals surface area contributed by atoms with Gasteiger partial charge in [-0.3, -0.25) is 4.79 Å². The number of ketones is 1. The van der Waals surface area contributed by atoms with Crippen LogP contribution in [0.25, 0.3) is 0 Å². The summed E-state index contributed by atoms with van der Waals surface area (Å²) in [4.78, 5) is 20.1. The fraction of sp³-hybridized carbons (Fsp3) is 0.333. The van der Waals surface area contributed by atoms with E-state index < -0.39 is 5.97 Å². The summed E-state index contributed by atoms with van der Waals surface area (Å²) in [6.07, 6.45) is 1.93. The summed E-state index contributed by atoms with van der Waals surface area (Å²) in [6, 6.07) is 0.